The number of ether oxygens (including phenoxy) is 1. The summed E-state index contributed by atoms with van der Waals surface area (Å²) >= 11 is 0. The Bertz CT molecular complexity index is 712. The van der Waals surface area contributed by atoms with Crippen LogP contribution in [0.25, 0.3) is 0 Å². The lowest BCUT2D eigenvalue weighted by molar-refractivity contribution is 0.101. The lowest BCUT2D eigenvalue weighted by Crippen LogP contribution is -2.36. The summed E-state index contributed by atoms with van der Waals surface area (Å²) in [6.07, 6.45) is 4.77. The van der Waals surface area contributed by atoms with E-state index in [9.17, 15) is 0 Å². The molecule has 0 aromatic carbocycles. The Balaban J connectivity index is 1.55. The van der Waals surface area contributed by atoms with E-state index in [2.05, 4.69) is 21.5 Å². The molecule has 6 nitrogen and oxygen atoms in total. The molecule has 1 fully saturated rings. The smallest absolute Gasteiger partial charge is 0.138 e. The molecule has 2 aromatic rings. The van der Waals surface area contributed by atoms with E-state index >= 15 is 0 Å². The molecule has 0 spiro atoms. The van der Waals surface area contributed by atoms with Crippen LogP contribution in [0, 0.1) is 19.8 Å². The van der Waals surface area contributed by atoms with Gasteiger partial charge in [0.25, 0.3) is 0 Å². The fourth-order valence-electron chi connectivity index (χ4n) is 3.89. The lowest BCUT2D eigenvalue weighted by Gasteiger charge is -2.33. The van der Waals surface area contributed by atoms with Crippen molar-refractivity contribution in [3.63, 3.8) is 0 Å². The van der Waals surface area contributed by atoms with Crippen LogP contribution in [0.4, 0.5) is 0 Å². The highest BCUT2D eigenvalue weighted by Crippen LogP contribution is 2.35. The monoisotopic (exact) mass is 344 g/mol. The van der Waals surface area contributed by atoms with Gasteiger partial charge in [0, 0.05) is 50.0 Å². The first-order valence-corrected chi connectivity index (χ1v) is 9.41. The minimum absolute atomic E-state index is 0.380. The molecule has 136 valence electrons. The van der Waals surface area contributed by atoms with E-state index in [1.54, 1.807) is 0 Å². The Morgan fingerprint density at radius 3 is 2.84 bits per heavy atom. The molecule has 1 atom stereocenters. The third-order valence-electron chi connectivity index (χ3n) is 5.43. The molecule has 0 saturated heterocycles. The van der Waals surface area contributed by atoms with E-state index in [-0.39, 0.29) is 0 Å². The van der Waals surface area contributed by atoms with Crippen molar-refractivity contribution in [3.8, 4) is 0 Å². The zero-order valence-corrected chi connectivity index (χ0v) is 15.5. The first-order valence-electron chi connectivity index (χ1n) is 9.41. The van der Waals surface area contributed by atoms with Crippen LogP contribution in [0.2, 0.25) is 0 Å². The maximum atomic E-state index is 5.81. The predicted molar refractivity (Wildman–Crippen MR) is 94.3 cm³/mol. The highest BCUT2D eigenvalue weighted by molar-refractivity contribution is 5.25. The molecule has 0 N–H and O–H groups in total. The molecule has 1 saturated carbocycles. The summed E-state index contributed by atoms with van der Waals surface area (Å²) in [5, 5.41) is 4.09. The van der Waals surface area contributed by atoms with Crippen molar-refractivity contribution in [1.82, 2.24) is 19.6 Å². The van der Waals surface area contributed by atoms with E-state index < -0.39 is 0 Å². The van der Waals surface area contributed by atoms with Crippen molar-refractivity contribution in [3.05, 3.63) is 34.7 Å². The van der Waals surface area contributed by atoms with Gasteiger partial charge in [-0.3, -0.25) is 4.90 Å². The van der Waals surface area contributed by atoms with Crippen LogP contribution in [-0.2, 0) is 24.4 Å². The molecule has 6 heteroatoms. The molecule has 3 heterocycles. The molecule has 4 rings (SSSR count). The van der Waals surface area contributed by atoms with Gasteiger partial charge in [0.15, 0.2) is 0 Å². The first-order chi connectivity index (χ1) is 12.2. The molecule has 1 aliphatic carbocycles. The van der Waals surface area contributed by atoms with Crippen LogP contribution in [0.3, 0.4) is 0 Å². The van der Waals surface area contributed by atoms with Crippen LogP contribution in [-0.4, -0.2) is 39.4 Å². The third kappa shape index (κ3) is 3.51. The average Bonchev–Trinajstić information content (AvgIpc) is 3.26. The molecule has 25 heavy (non-hydrogen) atoms. The van der Waals surface area contributed by atoms with Gasteiger partial charge in [-0.05, 0) is 39.5 Å². The van der Waals surface area contributed by atoms with E-state index in [0.29, 0.717) is 5.92 Å². The first kappa shape index (κ1) is 16.8. The van der Waals surface area contributed by atoms with Gasteiger partial charge < -0.3 is 13.8 Å². The number of nitrogens with zero attached hydrogens (tertiary/aromatic N) is 4. The maximum absolute atomic E-state index is 5.81. The van der Waals surface area contributed by atoms with Gasteiger partial charge in [0.05, 0.1) is 24.3 Å². The Morgan fingerprint density at radius 1 is 1.32 bits per heavy atom. The van der Waals surface area contributed by atoms with Crippen molar-refractivity contribution >= 4 is 0 Å². The number of aromatic nitrogens is 3. The zero-order valence-electron chi connectivity index (χ0n) is 15.5. The van der Waals surface area contributed by atoms with Crippen molar-refractivity contribution in [2.75, 3.05) is 19.8 Å². The second-order valence-corrected chi connectivity index (χ2v) is 7.50. The molecule has 2 aromatic heterocycles. The van der Waals surface area contributed by atoms with Crippen molar-refractivity contribution in [2.45, 2.75) is 59.2 Å². The Hall–Kier alpha value is -1.66. The van der Waals surface area contributed by atoms with E-state index in [1.165, 1.54) is 29.8 Å². The molecule has 2 aliphatic rings. The van der Waals surface area contributed by atoms with Gasteiger partial charge >= 0.3 is 0 Å². The highest BCUT2D eigenvalue weighted by atomic mass is 16.5. The molecule has 1 aliphatic heterocycles. The Morgan fingerprint density at radius 2 is 2.16 bits per heavy atom. The summed E-state index contributed by atoms with van der Waals surface area (Å²) in [5.41, 5.74) is 4.80. The van der Waals surface area contributed by atoms with Gasteiger partial charge in [-0.15, -0.1) is 0 Å². The van der Waals surface area contributed by atoms with Crippen LogP contribution in [0.1, 0.15) is 54.1 Å². The van der Waals surface area contributed by atoms with Crippen molar-refractivity contribution < 1.29 is 9.26 Å². The van der Waals surface area contributed by atoms with Crippen LogP contribution in [0.15, 0.2) is 10.9 Å². The van der Waals surface area contributed by atoms with Crippen molar-refractivity contribution in [1.29, 1.82) is 0 Å². The zero-order chi connectivity index (χ0) is 17.4. The van der Waals surface area contributed by atoms with Crippen molar-refractivity contribution in [2.24, 2.45) is 5.92 Å². The molecule has 0 amide bonds. The summed E-state index contributed by atoms with van der Waals surface area (Å²) < 4.78 is 13.5. The second-order valence-electron chi connectivity index (χ2n) is 7.50. The molecule has 0 bridgehead atoms. The number of aryl methyl sites for hydroxylation is 2. The Labute approximate surface area is 149 Å². The fourth-order valence-corrected chi connectivity index (χ4v) is 3.89. The summed E-state index contributed by atoms with van der Waals surface area (Å²) in [6, 6.07) is 0. The average molecular weight is 344 g/mol. The maximum Gasteiger partial charge on any atom is 0.138 e. The minimum atomic E-state index is 0.380. The number of hydrogen-bond donors (Lipinski definition) is 0. The van der Waals surface area contributed by atoms with Crippen LogP contribution < -0.4 is 0 Å². The number of hydrogen-bond acceptors (Lipinski definition) is 5. The topological polar surface area (TPSA) is 56.3 Å². The SMILES string of the molecule is CCOC[C@@H]1CN(Cc2c(C)noc2C)Cc2ncn(CC3CC3)c21. The van der Waals surface area contributed by atoms with E-state index in [1.807, 2.05) is 20.2 Å². The predicted octanol–water partition coefficient (Wildman–Crippen LogP) is 3.03. The van der Waals surface area contributed by atoms with Gasteiger partial charge in [-0.2, -0.15) is 0 Å². The molecular weight excluding hydrogens is 316 g/mol. The third-order valence-corrected chi connectivity index (χ3v) is 5.43. The number of imidazole rings is 1. The van der Waals surface area contributed by atoms with Gasteiger partial charge in [-0.25, -0.2) is 4.98 Å². The highest BCUT2D eigenvalue weighted by Gasteiger charge is 2.32. The van der Waals surface area contributed by atoms with Crippen LogP contribution >= 0.6 is 0 Å². The van der Waals surface area contributed by atoms with Gasteiger partial charge in [0.2, 0.25) is 0 Å². The lowest BCUT2D eigenvalue weighted by atomic mass is 9.98. The van der Waals surface area contributed by atoms with Gasteiger partial charge in [0.1, 0.15) is 5.76 Å². The summed E-state index contributed by atoms with van der Waals surface area (Å²) in [6.45, 7) is 11.5. The quantitative estimate of drug-likeness (QED) is 0.773. The number of fused-ring (bicyclic) bond motifs is 1. The summed E-state index contributed by atoms with van der Waals surface area (Å²) in [4.78, 5) is 7.20. The molecule has 0 unspecified atom stereocenters. The Kier molecular flexibility index (Phi) is 4.65. The largest absolute Gasteiger partial charge is 0.381 e. The normalized spacial score (nSPS) is 20.8. The molecular formula is C19H28N4O2. The standard InChI is InChI=1S/C19H28N4O2/c1-4-24-11-16-8-22(9-17-13(2)21-25-14(17)3)10-18-19(16)23(12-20-18)7-15-5-6-15/h12,15-16H,4-11H2,1-3H3/t16-/m0/s1. The van der Waals surface area contributed by atoms with Gasteiger partial charge in [-0.1, -0.05) is 5.16 Å². The minimum Gasteiger partial charge on any atom is -0.381 e. The summed E-state index contributed by atoms with van der Waals surface area (Å²) in [7, 11) is 0. The number of rotatable bonds is 7. The second kappa shape index (κ2) is 6.92. The fraction of sp³-hybridized carbons (Fsp3) is 0.684. The van der Waals surface area contributed by atoms with Crippen LogP contribution in [0.5, 0.6) is 0 Å². The molecule has 0 radical (unpaired) electrons. The summed E-state index contributed by atoms with van der Waals surface area (Å²) in [5.74, 6) is 2.15. The van der Waals surface area contributed by atoms with E-state index in [0.717, 1.165) is 56.8 Å². The van der Waals surface area contributed by atoms with E-state index in [4.69, 9.17) is 14.2 Å².